The Morgan fingerprint density at radius 3 is 2.62 bits per heavy atom. The van der Waals surface area contributed by atoms with E-state index in [0.717, 1.165) is 32.5 Å². The molecule has 0 aliphatic carbocycles. The molecule has 2 heterocycles. The average Bonchev–Trinajstić information content (AvgIpc) is 2.77. The number of amides is 2. The van der Waals surface area contributed by atoms with Gasteiger partial charge in [0.05, 0.1) is 13.2 Å². The molecule has 0 radical (unpaired) electrons. The van der Waals surface area contributed by atoms with Crippen molar-refractivity contribution in [1.29, 1.82) is 0 Å². The Labute approximate surface area is 126 Å². The summed E-state index contributed by atoms with van der Waals surface area (Å²) in [7, 11) is 0. The van der Waals surface area contributed by atoms with Crippen LogP contribution in [0, 0.1) is 0 Å². The van der Waals surface area contributed by atoms with Crippen LogP contribution in [0.15, 0.2) is 0 Å². The van der Waals surface area contributed by atoms with Crippen LogP contribution < -0.4 is 10.6 Å². The highest BCUT2D eigenvalue weighted by Gasteiger charge is 2.18. The summed E-state index contributed by atoms with van der Waals surface area (Å²) in [5.74, 6) is 0.151. The van der Waals surface area contributed by atoms with Crippen molar-refractivity contribution in [2.75, 3.05) is 39.4 Å². The molecule has 1 atom stereocenters. The fourth-order valence-electron chi connectivity index (χ4n) is 2.83. The number of likely N-dealkylation sites (tertiary alicyclic amines) is 1. The first-order valence-corrected chi connectivity index (χ1v) is 8.11. The van der Waals surface area contributed by atoms with Gasteiger partial charge in [-0.2, -0.15) is 0 Å². The van der Waals surface area contributed by atoms with Gasteiger partial charge in [0.25, 0.3) is 0 Å². The van der Waals surface area contributed by atoms with E-state index in [4.69, 9.17) is 4.74 Å². The van der Waals surface area contributed by atoms with Crippen LogP contribution in [0.5, 0.6) is 0 Å². The van der Waals surface area contributed by atoms with Gasteiger partial charge in [-0.3, -0.25) is 9.59 Å². The number of hydrogen-bond acceptors (Lipinski definition) is 4. The molecular weight excluding hydrogens is 270 g/mol. The molecule has 2 fully saturated rings. The zero-order chi connectivity index (χ0) is 14.9. The van der Waals surface area contributed by atoms with Crippen molar-refractivity contribution >= 4 is 11.8 Å². The second-order valence-corrected chi connectivity index (χ2v) is 5.83. The quantitative estimate of drug-likeness (QED) is 0.764. The highest BCUT2D eigenvalue weighted by Crippen LogP contribution is 2.10. The van der Waals surface area contributed by atoms with Crippen LogP contribution in [-0.2, 0) is 14.3 Å². The Bertz CT molecular complexity index is 335. The number of hydrogen-bond donors (Lipinski definition) is 2. The first-order valence-electron chi connectivity index (χ1n) is 8.11. The maximum Gasteiger partial charge on any atom is 0.224 e. The standard InChI is InChI=1S/C15H27N3O3/c19-14(11-13-12-21-10-7-16-13)17-6-5-15(20)18-8-3-1-2-4-9-18/h13,16H,1-12H2,(H,17,19). The van der Waals surface area contributed by atoms with Gasteiger partial charge in [-0.05, 0) is 12.8 Å². The zero-order valence-corrected chi connectivity index (χ0v) is 12.7. The number of nitrogens with zero attached hydrogens (tertiary/aromatic N) is 1. The van der Waals surface area contributed by atoms with E-state index in [1.165, 1.54) is 12.8 Å². The van der Waals surface area contributed by atoms with Crippen molar-refractivity contribution in [3.05, 3.63) is 0 Å². The molecule has 0 spiro atoms. The van der Waals surface area contributed by atoms with Gasteiger partial charge >= 0.3 is 0 Å². The van der Waals surface area contributed by atoms with E-state index in [9.17, 15) is 9.59 Å². The molecule has 0 saturated carbocycles. The molecule has 0 bridgehead atoms. The van der Waals surface area contributed by atoms with Crippen molar-refractivity contribution in [1.82, 2.24) is 15.5 Å². The maximum atomic E-state index is 12.1. The number of ether oxygens (including phenoxy) is 1. The lowest BCUT2D eigenvalue weighted by Gasteiger charge is -2.23. The predicted octanol–water partition coefficient (Wildman–Crippen LogP) is 0.274. The fraction of sp³-hybridized carbons (Fsp3) is 0.867. The van der Waals surface area contributed by atoms with E-state index >= 15 is 0 Å². The molecule has 120 valence electrons. The number of morpholine rings is 1. The van der Waals surface area contributed by atoms with Crippen molar-refractivity contribution in [2.45, 2.75) is 44.6 Å². The lowest BCUT2D eigenvalue weighted by atomic mass is 10.2. The SMILES string of the molecule is O=C(CC1COCCN1)NCCC(=O)N1CCCCCC1. The molecule has 2 rings (SSSR count). The minimum absolute atomic E-state index is 0.0123. The number of rotatable bonds is 5. The summed E-state index contributed by atoms with van der Waals surface area (Å²) >= 11 is 0. The summed E-state index contributed by atoms with van der Waals surface area (Å²) in [5.41, 5.74) is 0. The zero-order valence-electron chi connectivity index (χ0n) is 12.7. The predicted molar refractivity (Wildman–Crippen MR) is 79.9 cm³/mol. The molecule has 2 amide bonds. The largest absolute Gasteiger partial charge is 0.378 e. The van der Waals surface area contributed by atoms with Crippen LogP contribution in [0.2, 0.25) is 0 Å². The third-order valence-corrected chi connectivity index (χ3v) is 4.05. The Balaban J connectivity index is 1.59. The van der Waals surface area contributed by atoms with Crippen LogP contribution in [-0.4, -0.2) is 62.1 Å². The first-order chi connectivity index (χ1) is 10.3. The van der Waals surface area contributed by atoms with Gasteiger partial charge < -0.3 is 20.3 Å². The second-order valence-electron chi connectivity index (χ2n) is 5.83. The molecule has 6 nitrogen and oxygen atoms in total. The van der Waals surface area contributed by atoms with Crippen LogP contribution in [0.3, 0.4) is 0 Å². The Morgan fingerprint density at radius 1 is 1.19 bits per heavy atom. The Kier molecular flexibility index (Phi) is 6.95. The molecule has 2 aliphatic heterocycles. The van der Waals surface area contributed by atoms with Crippen molar-refractivity contribution in [3.63, 3.8) is 0 Å². The van der Waals surface area contributed by atoms with Crippen LogP contribution in [0.25, 0.3) is 0 Å². The average molecular weight is 297 g/mol. The summed E-state index contributed by atoms with van der Waals surface area (Å²) in [5, 5.41) is 6.08. The summed E-state index contributed by atoms with van der Waals surface area (Å²) in [6.07, 6.45) is 5.46. The van der Waals surface area contributed by atoms with Crippen molar-refractivity contribution in [2.24, 2.45) is 0 Å². The van der Waals surface area contributed by atoms with Crippen molar-refractivity contribution in [3.8, 4) is 0 Å². The van der Waals surface area contributed by atoms with E-state index in [0.29, 0.717) is 32.6 Å². The molecule has 0 aromatic heterocycles. The van der Waals surface area contributed by atoms with Gasteiger partial charge in [-0.15, -0.1) is 0 Å². The van der Waals surface area contributed by atoms with Crippen LogP contribution >= 0.6 is 0 Å². The maximum absolute atomic E-state index is 12.1. The molecular formula is C15H27N3O3. The summed E-state index contributed by atoms with van der Waals surface area (Å²) in [6.45, 7) is 4.27. The minimum atomic E-state index is -0.0123. The third-order valence-electron chi connectivity index (χ3n) is 4.05. The van der Waals surface area contributed by atoms with Crippen LogP contribution in [0.1, 0.15) is 38.5 Å². The first kappa shape index (κ1) is 16.2. The molecule has 2 N–H and O–H groups in total. The Morgan fingerprint density at radius 2 is 1.95 bits per heavy atom. The highest BCUT2D eigenvalue weighted by atomic mass is 16.5. The Hall–Kier alpha value is -1.14. The smallest absolute Gasteiger partial charge is 0.224 e. The molecule has 0 aromatic carbocycles. The van der Waals surface area contributed by atoms with E-state index in [1.807, 2.05) is 4.90 Å². The summed E-state index contributed by atoms with van der Waals surface area (Å²) in [6, 6.07) is 0.0973. The summed E-state index contributed by atoms with van der Waals surface area (Å²) in [4.78, 5) is 25.8. The number of carbonyl (C=O) groups excluding carboxylic acids is 2. The molecule has 2 saturated heterocycles. The van der Waals surface area contributed by atoms with Gasteiger partial charge in [0.2, 0.25) is 11.8 Å². The van der Waals surface area contributed by atoms with Crippen molar-refractivity contribution < 1.29 is 14.3 Å². The fourth-order valence-corrected chi connectivity index (χ4v) is 2.83. The monoisotopic (exact) mass is 297 g/mol. The van der Waals surface area contributed by atoms with E-state index in [-0.39, 0.29) is 17.9 Å². The lowest BCUT2D eigenvalue weighted by molar-refractivity contribution is -0.131. The third kappa shape index (κ3) is 6.01. The van der Waals surface area contributed by atoms with Gasteiger partial charge in [0.15, 0.2) is 0 Å². The lowest BCUT2D eigenvalue weighted by Crippen LogP contribution is -2.44. The molecule has 21 heavy (non-hydrogen) atoms. The normalized spacial score (nSPS) is 23.4. The van der Waals surface area contributed by atoms with E-state index < -0.39 is 0 Å². The van der Waals surface area contributed by atoms with E-state index in [1.54, 1.807) is 0 Å². The van der Waals surface area contributed by atoms with Gasteiger partial charge in [-0.1, -0.05) is 12.8 Å². The van der Waals surface area contributed by atoms with Gasteiger partial charge in [-0.25, -0.2) is 0 Å². The topological polar surface area (TPSA) is 70.7 Å². The van der Waals surface area contributed by atoms with Crippen LogP contribution in [0.4, 0.5) is 0 Å². The molecule has 2 aliphatic rings. The second kappa shape index (κ2) is 9.00. The molecule has 6 heteroatoms. The molecule has 1 unspecified atom stereocenters. The van der Waals surface area contributed by atoms with E-state index in [2.05, 4.69) is 10.6 Å². The van der Waals surface area contributed by atoms with Gasteiger partial charge in [0, 0.05) is 45.1 Å². The minimum Gasteiger partial charge on any atom is -0.378 e. The van der Waals surface area contributed by atoms with Gasteiger partial charge in [0.1, 0.15) is 0 Å². The number of nitrogens with one attached hydrogen (secondary N) is 2. The molecule has 0 aromatic rings. The highest BCUT2D eigenvalue weighted by molar-refractivity contribution is 5.79. The number of carbonyl (C=O) groups is 2. The summed E-state index contributed by atoms with van der Waals surface area (Å²) < 4.78 is 5.31.